The standard InChI is InChI=1S/C19H16N2O2/c22-15-9-7-13(8-10-15)12-14-4-3-11-21-18(14)20-17-6-2-1-5-16(17)19(21)23/h1-2,5-10,12,22H,3-4,11H2/b14-12+. The van der Waals surface area contributed by atoms with Crippen molar-refractivity contribution in [2.45, 2.75) is 19.4 Å². The summed E-state index contributed by atoms with van der Waals surface area (Å²) in [5.41, 5.74) is 2.82. The number of nitrogens with zero attached hydrogens (tertiary/aromatic N) is 2. The van der Waals surface area contributed by atoms with Gasteiger partial charge in [-0.2, -0.15) is 0 Å². The van der Waals surface area contributed by atoms with Crippen LogP contribution in [0.3, 0.4) is 0 Å². The summed E-state index contributed by atoms with van der Waals surface area (Å²) in [7, 11) is 0. The molecule has 0 unspecified atom stereocenters. The Morgan fingerprint density at radius 3 is 2.70 bits per heavy atom. The summed E-state index contributed by atoms with van der Waals surface area (Å²) in [4.78, 5) is 17.4. The van der Waals surface area contributed by atoms with E-state index in [1.807, 2.05) is 42.5 Å². The Bertz CT molecular complexity index is 969. The van der Waals surface area contributed by atoms with Crippen LogP contribution in [0.15, 0.2) is 53.3 Å². The average Bonchev–Trinajstić information content (AvgIpc) is 2.58. The van der Waals surface area contributed by atoms with E-state index in [2.05, 4.69) is 0 Å². The fourth-order valence-electron chi connectivity index (χ4n) is 3.07. The Balaban J connectivity index is 1.91. The predicted octanol–water partition coefficient (Wildman–Crippen LogP) is 3.44. The smallest absolute Gasteiger partial charge is 0.261 e. The van der Waals surface area contributed by atoms with Crippen molar-refractivity contribution < 1.29 is 5.11 Å². The van der Waals surface area contributed by atoms with Crippen LogP contribution in [0.4, 0.5) is 0 Å². The SMILES string of the molecule is O=c1c2ccccc2nc2n1CCC/C2=C\c1ccc(O)cc1. The first-order valence-electron chi connectivity index (χ1n) is 7.72. The Kier molecular flexibility index (Phi) is 3.23. The van der Waals surface area contributed by atoms with Crippen LogP contribution >= 0.6 is 0 Å². The van der Waals surface area contributed by atoms with Crippen LogP contribution in [-0.4, -0.2) is 14.7 Å². The van der Waals surface area contributed by atoms with E-state index in [1.165, 1.54) is 0 Å². The van der Waals surface area contributed by atoms with Crippen LogP contribution in [0.1, 0.15) is 24.2 Å². The number of phenols is 1. The molecule has 0 fully saturated rings. The molecular formula is C19H16N2O2. The molecule has 1 aromatic heterocycles. The molecule has 0 amide bonds. The lowest BCUT2D eigenvalue weighted by atomic mass is 10.0. The number of aromatic nitrogens is 2. The van der Waals surface area contributed by atoms with Gasteiger partial charge in [0, 0.05) is 6.54 Å². The first-order valence-corrected chi connectivity index (χ1v) is 7.72. The Hall–Kier alpha value is -2.88. The van der Waals surface area contributed by atoms with E-state index in [9.17, 15) is 9.90 Å². The van der Waals surface area contributed by atoms with Crippen molar-refractivity contribution in [2.75, 3.05) is 0 Å². The lowest BCUT2D eigenvalue weighted by molar-refractivity contribution is 0.475. The predicted molar refractivity (Wildman–Crippen MR) is 91.2 cm³/mol. The zero-order chi connectivity index (χ0) is 15.8. The molecule has 0 saturated heterocycles. The second-order valence-electron chi connectivity index (χ2n) is 5.77. The lowest BCUT2D eigenvalue weighted by Crippen LogP contribution is -2.27. The van der Waals surface area contributed by atoms with Crippen LogP contribution < -0.4 is 5.56 Å². The Morgan fingerprint density at radius 2 is 1.87 bits per heavy atom. The molecule has 0 saturated carbocycles. The average molecular weight is 304 g/mol. The van der Waals surface area contributed by atoms with Crippen molar-refractivity contribution in [3.63, 3.8) is 0 Å². The molecule has 4 nitrogen and oxygen atoms in total. The minimum atomic E-state index is 0.0295. The molecule has 114 valence electrons. The van der Waals surface area contributed by atoms with Crippen molar-refractivity contribution in [1.82, 2.24) is 9.55 Å². The maximum absolute atomic E-state index is 12.7. The maximum atomic E-state index is 12.7. The number of allylic oxidation sites excluding steroid dienone is 1. The van der Waals surface area contributed by atoms with Crippen molar-refractivity contribution in [3.05, 3.63) is 70.3 Å². The van der Waals surface area contributed by atoms with E-state index in [1.54, 1.807) is 16.7 Å². The normalized spacial score (nSPS) is 15.7. The van der Waals surface area contributed by atoms with E-state index in [0.29, 0.717) is 11.9 Å². The van der Waals surface area contributed by atoms with Crippen molar-refractivity contribution >= 4 is 22.6 Å². The number of phenolic OH excluding ortho intramolecular Hbond substituents is 1. The fourth-order valence-corrected chi connectivity index (χ4v) is 3.07. The third-order valence-electron chi connectivity index (χ3n) is 4.21. The molecule has 2 heterocycles. The summed E-state index contributed by atoms with van der Waals surface area (Å²) in [5.74, 6) is 1.00. The first-order chi connectivity index (χ1) is 11.2. The molecule has 1 N–H and O–H groups in total. The number of rotatable bonds is 1. The van der Waals surface area contributed by atoms with Gasteiger partial charge in [0.15, 0.2) is 0 Å². The van der Waals surface area contributed by atoms with Gasteiger partial charge in [0.1, 0.15) is 11.6 Å². The van der Waals surface area contributed by atoms with Gasteiger partial charge in [-0.05, 0) is 54.3 Å². The van der Waals surface area contributed by atoms with Gasteiger partial charge < -0.3 is 5.11 Å². The van der Waals surface area contributed by atoms with Gasteiger partial charge >= 0.3 is 0 Å². The molecule has 0 spiro atoms. The lowest BCUT2D eigenvalue weighted by Gasteiger charge is -2.20. The van der Waals surface area contributed by atoms with Crippen LogP contribution in [0, 0.1) is 0 Å². The summed E-state index contributed by atoms with van der Waals surface area (Å²) in [6, 6.07) is 14.5. The van der Waals surface area contributed by atoms with E-state index < -0.39 is 0 Å². The third kappa shape index (κ3) is 2.42. The monoisotopic (exact) mass is 304 g/mol. The van der Waals surface area contributed by atoms with E-state index in [-0.39, 0.29) is 11.3 Å². The van der Waals surface area contributed by atoms with Crippen LogP contribution in [0.2, 0.25) is 0 Å². The van der Waals surface area contributed by atoms with Gasteiger partial charge in [-0.3, -0.25) is 9.36 Å². The molecule has 0 atom stereocenters. The molecular weight excluding hydrogens is 288 g/mol. The molecule has 4 rings (SSSR count). The van der Waals surface area contributed by atoms with Crippen LogP contribution in [0.5, 0.6) is 5.75 Å². The minimum absolute atomic E-state index is 0.0295. The third-order valence-corrected chi connectivity index (χ3v) is 4.21. The summed E-state index contributed by atoms with van der Waals surface area (Å²) < 4.78 is 1.78. The number of para-hydroxylation sites is 1. The largest absolute Gasteiger partial charge is 0.508 e. The highest BCUT2D eigenvalue weighted by molar-refractivity contribution is 5.84. The zero-order valence-electron chi connectivity index (χ0n) is 12.6. The number of hydrogen-bond acceptors (Lipinski definition) is 3. The molecule has 3 aromatic rings. The van der Waals surface area contributed by atoms with Crippen LogP contribution in [-0.2, 0) is 6.54 Å². The van der Waals surface area contributed by atoms with Gasteiger partial charge in [0.25, 0.3) is 5.56 Å². The number of benzene rings is 2. The number of aromatic hydroxyl groups is 1. The quantitative estimate of drug-likeness (QED) is 0.749. The summed E-state index contributed by atoms with van der Waals surface area (Å²) in [5, 5.41) is 10.1. The highest BCUT2D eigenvalue weighted by Crippen LogP contribution is 2.27. The number of fused-ring (bicyclic) bond motifs is 2. The molecule has 1 aliphatic rings. The highest BCUT2D eigenvalue weighted by atomic mass is 16.3. The van der Waals surface area contributed by atoms with E-state index in [4.69, 9.17) is 4.98 Å². The summed E-state index contributed by atoms with van der Waals surface area (Å²) >= 11 is 0. The molecule has 0 aliphatic carbocycles. The summed E-state index contributed by atoms with van der Waals surface area (Å²) in [6.45, 7) is 0.707. The van der Waals surface area contributed by atoms with Gasteiger partial charge in [0.05, 0.1) is 10.9 Å². The molecule has 2 aromatic carbocycles. The van der Waals surface area contributed by atoms with Crippen LogP contribution in [0.25, 0.3) is 22.6 Å². The zero-order valence-corrected chi connectivity index (χ0v) is 12.6. The molecule has 23 heavy (non-hydrogen) atoms. The minimum Gasteiger partial charge on any atom is -0.508 e. The fraction of sp³-hybridized carbons (Fsp3) is 0.158. The summed E-state index contributed by atoms with van der Waals surface area (Å²) in [6.07, 6.45) is 3.87. The molecule has 0 bridgehead atoms. The van der Waals surface area contributed by atoms with Crippen molar-refractivity contribution in [1.29, 1.82) is 0 Å². The van der Waals surface area contributed by atoms with E-state index in [0.717, 1.165) is 35.3 Å². The molecule has 1 aliphatic heterocycles. The first kappa shape index (κ1) is 13.8. The van der Waals surface area contributed by atoms with Gasteiger partial charge in [0.2, 0.25) is 0 Å². The second kappa shape index (κ2) is 5.39. The Labute approximate surface area is 133 Å². The van der Waals surface area contributed by atoms with Gasteiger partial charge in [-0.1, -0.05) is 24.3 Å². The molecule has 0 radical (unpaired) electrons. The van der Waals surface area contributed by atoms with Crippen molar-refractivity contribution in [3.8, 4) is 5.75 Å². The molecule has 4 heteroatoms. The number of hydrogen-bond donors (Lipinski definition) is 1. The van der Waals surface area contributed by atoms with Gasteiger partial charge in [-0.15, -0.1) is 0 Å². The highest BCUT2D eigenvalue weighted by Gasteiger charge is 2.18. The maximum Gasteiger partial charge on any atom is 0.261 e. The van der Waals surface area contributed by atoms with Crippen molar-refractivity contribution in [2.24, 2.45) is 0 Å². The topological polar surface area (TPSA) is 55.1 Å². The second-order valence-corrected chi connectivity index (χ2v) is 5.77. The van der Waals surface area contributed by atoms with E-state index >= 15 is 0 Å². The Morgan fingerprint density at radius 1 is 1.09 bits per heavy atom. The van der Waals surface area contributed by atoms with Gasteiger partial charge in [-0.25, -0.2) is 4.98 Å².